The van der Waals surface area contributed by atoms with Crippen LogP contribution in [0.1, 0.15) is 0 Å². The van der Waals surface area contributed by atoms with Gasteiger partial charge in [-0.25, -0.2) is 9.59 Å². The van der Waals surface area contributed by atoms with E-state index in [1.807, 2.05) is 0 Å². The number of nitrogens with zero attached hydrogens (tertiary/aromatic N) is 1. The van der Waals surface area contributed by atoms with Crippen molar-refractivity contribution in [3.63, 3.8) is 0 Å². The summed E-state index contributed by atoms with van der Waals surface area (Å²) in [5.74, 6) is -1.99. The maximum atomic E-state index is 11.2. The molecule has 15 heavy (non-hydrogen) atoms. The van der Waals surface area contributed by atoms with Crippen LogP contribution in [0.3, 0.4) is 0 Å². The quantitative estimate of drug-likeness (QED) is 0.663. The van der Waals surface area contributed by atoms with E-state index < -0.39 is 11.9 Å². The molecule has 2 N–H and O–H groups in total. The van der Waals surface area contributed by atoms with E-state index in [4.69, 9.17) is 9.94 Å². The summed E-state index contributed by atoms with van der Waals surface area (Å²) in [6.07, 6.45) is 3.90. The lowest BCUT2D eigenvalue weighted by Gasteiger charge is -2.02. The van der Waals surface area contributed by atoms with Crippen LogP contribution < -0.4 is 10.2 Å². The summed E-state index contributed by atoms with van der Waals surface area (Å²) in [7, 11) is 1.41. The monoisotopic (exact) mass is 210 g/mol. The Hall–Kier alpha value is -2.24. The van der Waals surface area contributed by atoms with Gasteiger partial charge in [0, 0.05) is 19.4 Å². The number of likely N-dealkylation sites (N-methyl/N-ethyl adjacent to an activating group) is 1. The zero-order valence-corrected chi connectivity index (χ0v) is 8.01. The van der Waals surface area contributed by atoms with E-state index in [0.29, 0.717) is 0 Å². The summed E-state index contributed by atoms with van der Waals surface area (Å²) in [5, 5.41) is 11.0. The maximum absolute atomic E-state index is 11.2. The Morgan fingerprint density at radius 3 is 2.47 bits per heavy atom. The zero-order valence-electron chi connectivity index (χ0n) is 8.01. The van der Waals surface area contributed by atoms with Crippen LogP contribution in [0.2, 0.25) is 0 Å². The van der Waals surface area contributed by atoms with Crippen molar-refractivity contribution in [1.82, 2.24) is 10.0 Å². The third kappa shape index (κ3) is 3.18. The second-order valence-corrected chi connectivity index (χ2v) is 2.57. The Bertz CT molecular complexity index is 381. The predicted octanol–water partition coefficient (Wildman–Crippen LogP) is -0.369. The van der Waals surface area contributed by atoms with Gasteiger partial charge in [-0.05, 0) is 12.1 Å². The Morgan fingerprint density at radius 2 is 2.00 bits per heavy atom. The van der Waals surface area contributed by atoms with E-state index in [0.717, 1.165) is 6.08 Å². The first-order chi connectivity index (χ1) is 7.13. The summed E-state index contributed by atoms with van der Waals surface area (Å²) in [6, 6.07) is 3.35. The van der Waals surface area contributed by atoms with Crippen molar-refractivity contribution in [2.45, 2.75) is 0 Å². The van der Waals surface area contributed by atoms with Crippen LogP contribution in [0.5, 0.6) is 0 Å². The van der Waals surface area contributed by atoms with E-state index in [1.165, 1.54) is 24.2 Å². The van der Waals surface area contributed by atoms with Gasteiger partial charge in [0.2, 0.25) is 0 Å². The Morgan fingerprint density at radius 1 is 1.40 bits per heavy atom. The van der Waals surface area contributed by atoms with Crippen molar-refractivity contribution in [3.8, 4) is 0 Å². The normalized spacial score (nSPS) is 10.9. The molecular formula is C9H10N2O4. The summed E-state index contributed by atoms with van der Waals surface area (Å²) in [4.78, 5) is 26.4. The third-order valence-electron chi connectivity index (χ3n) is 1.53. The van der Waals surface area contributed by atoms with Gasteiger partial charge in [-0.1, -0.05) is 0 Å². The smallest absolute Gasteiger partial charge is 0.358 e. The number of hydrogen-bond donors (Lipinski definition) is 2. The average molecular weight is 210 g/mol. The Balaban J connectivity index is 2.65. The topological polar surface area (TPSA) is 80.6 Å². The molecule has 0 amide bonds. The molecule has 0 aromatic carbocycles. The van der Waals surface area contributed by atoms with E-state index >= 15 is 0 Å². The summed E-state index contributed by atoms with van der Waals surface area (Å²) < 4.78 is 1.17. The van der Waals surface area contributed by atoms with Crippen LogP contribution in [-0.2, 0) is 9.59 Å². The lowest BCUT2D eigenvalue weighted by Crippen LogP contribution is -2.21. The highest BCUT2D eigenvalue weighted by Gasteiger charge is 2.08. The summed E-state index contributed by atoms with van der Waals surface area (Å²) >= 11 is 0. The highest BCUT2D eigenvalue weighted by atomic mass is 16.7. The molecular weight excluding hydrogens is 200 g/mol. The van der Waals surface area contributed by atoms with Crippen LogP contribution >= 0.6 is 0 Å². The fourth-order valence-corrected chi connectivity index (χ4v) is 0.869. The molecule has 0 fully saturated rings. The standard InChI is InChI=1S/C9H10N2O4/c1-10-7(9(13)14)6-8(12)15-11-4-2-3-5-11/h2-6,10H,1H3,(H,13,14)/b7-6-. The number of rotatable bonds is 4. The molecule has 0 saturated heterocycles. The van der Waals surface area contributed by atoms with Crippen molar-refractivity contribution in [1.29, 1.82) is 0 Å². The number of carboxylic acid groups (broad SMARTS) is 1. The average Bonchev–Trinajstić information content (AvgIpc) is 2.66. The van der Waals surface area contributed by atoms with E-state index in [1.54, 1.807) is 12.1 Å². The first kappa shape index (κ1) is 10.8. The van der Waals surface area contributed by atoms with Crippen LogP contribution in [0, 0.1) is 0 Å². The predicted molar refractivity (Wildman–Crippen MR) is 50.8 cm³/mol. The largest absolute Gasteiger partial charge is 0.477 e. The molecule has 6 nitrogen and oxygen atoms in total. The zero-order chi connectivity index (χ0) is 11.3. The number of aromatic nitrogens is 1. The van der Waals surface area contributed by atoms with E-state index in [2.05, 4.69) is 5.32 Å². The van der Waals surface area contributed by atoms with E-state index in [-0.39, 0.29) is 5.70 Å². The minimum absolute atomic E-state index is 0.229. The number of nitrogens with one attached hydrogen (secondary N) is 1. The molecule has 0 aliphatic rings. The number of carboxylic acids is 1. The second-order valence-electron chi connectivity index (χ2n) is 2.57. The Labute approximate surface area is 85.7 Å². The highest BCUT2D eigenvalue weighted by molar-refractivity contribution is 5.94. The molecule has 0 atom stereocenters. The molecule has 1 rings (SSSR count). The summed E-state index contributed by atoms with van der Waals surface area (Å²) in [5.41, 5.74) is -0.229. The van der Waals surface area contributed by atoms with Gasteiger partial charge in [0.1, 0.15) is 5.70 Å². The van der Waals surface area contributed by atoms with Gasteiger partial charge >= 0.3 is 11.9 Å². The van der Waals surface area contributed by atoms with Crippen molar-refractivity contribution < 1.29 is 19.5 Å². The van der Waals surface area contributed by atoms with Gasteiger partial charge in [-0.15, -0.1) is 0 Å². The van der Waals surface area contributed by atoms with Crippen LogP contribution in [0.4, 0.5) is 0 Å². The Kier molecular flexibility index (Phi) is 3.50. The number of aliphatic carboxylic acids is 1. The molecule has 0 aliphatic carbocycles. The van der Waals surface area contributed by atoms with Crippen LogP contribution in [-0.4, -0.2) is 28.8 Å². The number of hydrogen-bond acceptors (Lipinski definition) is 4. The molecule has 0 aliphatic heterocycles. The first-order valence-corrected chi connectivity index (χ1v) is 4.11. The van der Waals surface area contributed by atoms with Crippen molar-refractivity contribution in [2.75, 3.05) is 7.05 Å². The van der Waals surface area contributed by atoms with Gasteiger partial charge < -0.3 is 15.3 Å². The molecule has 1 aromatic heterocycles. The van der Waals surface area contributed by atoms with Crippen molar-refractivity contribution in [2.24, 2.45) is 0 Å². The van der Waals surface area contributed by atoms with Crippen molar-refractivity contribution in [3.05, 3.63) is 36.3 Å². The summed E-state index contributed by atoms with van der Waals surface area (Å²) in [6.45, 7) is 0. The molecule has 1 aromatic rings. The SMILES string of the molecule is CN/C(=C\C(=O)On1cccc1)C(=O)O. The molecule has 0 bridgehead atoms. The molecule has 0 unspecified atom stereocenters. The number of carbonyl (C=O) groups excluding carboxylic acids is 1. The van der Waals surface area contributed by atoms with Crippen LogP contribution in [0.25, 0.3) is 0 Å². The molecule has 0 radical (unpaired) electrons. The fraction of sp³-hybridized carbons (Fsp3) is 0.111. The van der Waals surface area contributed by atoms with Gasteiger partial charge in [-0.3, -0.25) is 0 Å². The fourth-order valence-electron chi connectivity index (χ4n) is 0.869. The van der Waals surface area contributed by atoms with Gasteiger partial charge in [0.05, 0.1) is 6.08 Å². The second kappa shape index (κ2) is 4.85. The molecule has 0 saturated carbocycles. The highest BCUT2D eigenvalue weighted by Crippen LogP contribution is 1.91. The van der Waals surface area contributed by atoms with Crippen LogP contribution in [0.15, 0.2) is 36.3 Å². The van der Waals surface area contributed by atoms with Gasteiger partial charge in [0.15, 0.2) is 0 Å². The molecule has 80 valence electrons. The van der Waals surface area contributed by atoms with Crippen molar-refractivity contribution >= 4 is 11.9 Å². The lowest BCUT2D eigenvalue weighted by atomic mass is 10.4. The first-order valence-electron chi connectivity index (χ1n) is 4.11. The molecule has 6 heteroatoms. The van der Waals surface area contributed by atoms with Gasteiger partial charge in [0.25, 0.3) is 0 Å². The molecule has 0 spiro atoms. The minimum atomic E-state index is -1.22. The third-order valence-corrected chi connectivity index (χ3v) is 1.53. The lowest BCUT2D eigenvalue weighted by molar-refractivity contribution is -0.139. The van der Waals surface area contributed by atoms with Gasteiger partial charge in [-0.2, -0.15) is 4.73 Å². The molecule has 1 heterocycles. The minimum Gasteiger partial charge on any atom is -0.477 e. The maximum Gasteiger partial charge on any atom is 0.358 e. The number of carbonyl (C=O) groups is 2. The van der Waals surface area contributed by atoms with E-state index in [9.17, 15) is 9.59 Å².